The van der Waals surface area contributed by atoms with Crippen molar-refractivity contribution < 1.29 is 10.1 Å². The summed E-state index contributed by atoms with van der Waals surface area (Å²) in [5.74, 6) is 1.53. The minimum atomic E-state index is 0.609. The van der Waals surface area contributed by atoms with E-state index in [1.807, 2.05) is 12.1 Å². The van der Waals surface area contributed by atoms with E-state index >= 15 is 0 Å². The molecule has 0 saturated carbocycles. The molecule has 0 heterocycles. The van der Waals surface area contributed by atoms with Crippen molar-refractivity contribution in [2.24, 2.45) is 5.92 Å². The minimum Gasteiger partial charge on any atom is -0.497 e. The van der Waals surface area contributed by atoms with E-state index in [9.17, 15) is 0 Å². The van der Waals surface area contributed by atoms with Crippen LogP contribution in [-0.4, -0.2) is 13.7 Å². The molecular formula is C14H18NO+. The lowest BCUT2D eigenvalue weighted by Gasteiger charge is -2.05. The molecule has 2 heteroatoms. The van der Waals surface area contributed by atoms with Gasteiger partial charge >= 0.3 is 0 Å². The van der Waals surface area contributed by atoms with Gasteiger partial charge in [-0.05, 0) is 24.3 Å². The van der Waals surface area contributed by atoms with E-state index in [0.717, 1.165) is 18.8 Å². The van der Waals surface area contributed by atoms with E-state index in [-0.39, 0.29) is 0 Å². The second kappa shape index (κ2) is 5.52. The lowest BCUT2D eigenvalue weighted by atomic mass is 10.1. The van der Waals surface area contributed by atoms with Crippen LogP contribution in [0.4, 0.5) is 0 Å². The van der Waals surface area contributed by atoms with Gasteiger partial charge in [0.05, 0.1) is 13.7 Å². The summed E-state index contributed by atoms with van der Waals surface area (Å²) in [5, 5.41) is 2.34. The largest absolute Gasteiger partial charge is 0.497 e. The monoisotopic (exact) mass is 216 g/mol. The molecule has 2 rings (SSSR count). The van der Waals surface area contributed by atoms with Crippen LogP contribution in [0.15, 0.2) is 48.6 Å². The zero-order valence-electron chi connectivity index (χ0n) is 9.60. The van der Waals surface area contributed by atoms with Crippen LogP contribution in [0.1, 0.15) is 5.56 Å². The molecule has 1 aliphatic rings. The fourth-order valence-electron chi connectivity index (χ4n) is 1.84. The number of nitrogens with two attached hydrogens (primary N) is 1. The summed E-state index contributed by atoms with van der Waals surface area (Å²) in [6.45, 7) is 2.15. The molecule has 1 aliphatic carbocycles. The molecule has 84 valence electrons. The minimum absolute atomic E-state index is 0.609. The molecule has 2 nitrogen and oxygen atoms in total. The van der Waals surface area contributed by atoms with Crippen molar-refractivity contribution in [2.75, 3.05) is 13.7 Å². The molecule has 1 aromatic rings. The Morgan fingerprint density at radius 1 is 1.12 bits per heavy atom. The first-order chi connectivity index (χ1) is 7.88. The summed E-state index contributed by atoms with van der Waals surface area (Å²) in [7, 11) is 1.69. The molecule has 0 atom stereocenters. The van der Waals surface area contributed by atoms with Crippen LogP contribution in [-0.2, 0) is 6.54 Å². The van der Waals surface area contributed by atoms with E-state index in [4.69, 9.17) is 4.74 Å². The smallest absolute Gasteiger partial charge is 0.118 e. The number of hydrogen-bond donors (Lipinski definition) is 1. The Labute approximate surface area is 96.6 Å². The highest BCUT2D eigenvalue weighted by Crippen LogP contribution is 2.10. The van der Waals surface area contributed by atoms with E-state index in [1.54, 1.807) is 7.11 Å². The van der Waals surface area contributed by atoms with Crippen LogP contribution in [0.2, 0.25) is 0 Å². The first-order valence-corrected chi connectivity index (χ1v) is 5.68. The SMILES string of the molecule is COc1ccc(C[NH2+]CC2C=CC=C2)cc1. The van der Waals surface area contributed by atoms with Gasteiger partial charge in [0.25, 0.3) is 0 Å². The molecule has 0 amide bonds. The summed E-state index contributed by atoms with van der Waals surface area (Å²) in [4.78, 5) is 0. The van der Waals surface area contributed by atoms with Crippen molar-refractivity contribution >= 4 is 0 Å². The van der Waals surface area contributed by atoms with Crippen LogP contribution in [0.5, 0.6) is 5.75 Å². The Hall–Kier alpha value is -1.54. The normalized spacial score (nSPS) is 14.6. The molecular weight excluding hydrogens is 198 g/mol. The Bertz CT molecular complexity index is 366. The number of hydrogen-bond acceptors (Lipinski definition) is 1. The second-order valence-corrected chi connectivity index (χ2v) is 4.01. The molecule has 0 spiro atoms. The van der Waals surface area contributed by atoms with Gasteiger partial charge in [0.2, 0.25) is 0 Å². The predicted octanol–water partition coefficient (Wildman–Crippen LogP) is 1.50. The number of ether oxygens (including phenoxy) is 1. The third-order valence-corrected chi connectivity index (χ3v) is 2.81. The summed E-state index contributed by atoms with van der Waals surface area (Å²) in [6, 6.07) is 8.27. The summed E-state index contributed by atoms with van der Waals surface area (Å²) >= 11 is 0. The molecule has 0 aliphatic heterocycles. The molecule has 0 fully saturated rings. The van der Waals surface area contributed by atoms with Crippen LogP contribution < -0.4 is 10.1 Å². The molecule has 0 radical (unpaired) electrons. The van der Waals surface area contributed by atoms with Crippen molar-refractivity contribution in [3.63, 3.8) is 0 Å². The van der Waals surface area contributed by atoms with E-state index in [1.165, 1.54) is 5.56 Å². The lowest BCUT2D eigenvalue weighted by Crippen LogP contribution is -2.83. The Morgan fingerprint density at radius 3 is 2.44 bits per heavy atom. The predicted molar refractivity (Wildman–Crippen MR) is 65.3 cm³/mol. The standard InChI is InChI=1S/C14H17NO/c1-16-14-8-6-13(7-9-14)11-15-10-12-4-2-3-5-12/h2-9,12,15H,10-11H2,1H3/p+1. The van der Waals surface area contributed by atoms with Gasteiger partial charge < -0.3 is 10.1 Å². The van der Waals surface area contributed by atoms with Crippen molar-refractivity contribution in [1.82, 2.24) is 0 Å². The molecule has 2 N–H and O–H groups in total. The molecule has 16 heavy (non-hydrogen) atoms. The number of quaternary nitrogens is 1. The van der Waals surface area contributed by atoms with Crippen molar-refractivity contribution in [3.8, 4) is 5.75 Å². The average Bonchev–Trinajstić information content (AvgIpc) is 2.83. The summed E-state index contributed by atoms with van der Waals surface area (Å²) in [6.07, 6.45) is 8.72. The topological polar surface area (TPSA) is 25.8 Å². The maximum atomic E-state index is 5.13. The zero-order valence-corrected chi connectivity index (χ0v) is 9.60. The quantitative estimate of drug-likeness (QED) is 0.793. The molecule has 0 bridgehead atoms. The second-order valence-electron chi connectivity index (χ2n) is 4.01. The highest BCUT2D eigenvalue weighted by Gasteiger charge is 2.05. The Kier molecular flexibility index (Phi) is 3.78. The zero-order chi connectivity index (χ0) is 11.2. The fraction of sp³-hybridized carbons (Fsp3) is 0.286. The van der Waals surface area contributed by atoms with Crippen LogP contribution in [0.25, 0.3) is 0 Å². The van der Waals surface area contributed by atoms with Crippen molar-refractivity contribution in [2.45, 2.75) is 6.54 Å². The first-order valence-electron chi connectivity index (χ1n) is 5.68. The highest BCUT2D eigenvalue weighted by atomic mass is 16.5. The van der Waals surface area contributed by atoms with Gasteiger partial charge in [0.15, 0.2) is 0 Å². The number of benzene rings is 1. The van der Waals surface area contributed by atoms with Crippen LogP contribution >= 0.6 is 0 Å². The molecule has 0 saturated heterocycles. The third-order valence-electron chi connectivity index (χ3n) is 2.81. The Morgan fingerprint density at radius 2 is 1.81 bits per heavy atom. The van der Waals surface area contributed by atoms with E-state index < -0.39 is 0 Å². The van der Waals surface area contributed by atoms with Crippen molar-refractivity contribution in [1.29, 1.82) is 0 Å². The van der Waals surface area contributed by atoms with Crippen LogP contribution in [0, 0.1) is 5.92 Å². The van der Waals surface area contributed by atoms with Gasteiger partial charge in [0, 0.05) is 11.5 Å². The molecule has 0 unspecified atom stereocenters. The van der Waals surface area contributed by atoms with Gasteiger partial charge in [0.1, 0.15) is 12.3 Å². The average molecular weight is 216 g/mol. The van der Waals surface area contributed by atoms with Gasteiger partial charge in [-0.2, -0.15) is 0 Å². The first kappa shape index (κ1) is 11.0. The lowest BCUT2D eigenvalue weighted by molar-refractivity contribution is -0.673. The number of methoxy groups -OCH3 is 1. The highest BCUT2D eigenvalue weighted by molar-refractivity contribution is 5.26. The summed E-state index contributed by atoms with van der Waals surface area (Å²) < 4.78 is 5.13. The number of rotatable bonds is 5. The Balaban J connectivity index is 1.76. The molecule has 1 aromatic carbocycles. The van der Waals surface area contributed by atoms with E-state index in [0.29, 0.717) is 5.92 Å². The van der Waals surface area contributed by atoms with Gasteiger partial charge in [-0.3, -0.25) is 0 Å². The van der Waals surface area contributed by atoms with E-state index in [2.05, 4.69) is 41.8 Å². The maximum absolute atomic E-state index is 5.13. The summed E-state index contributed by atoms with van der Waals surface area (Å²) in [5.41, 5.74) is 1.34. The van der Waals surface area contributed by atoms with Crippen molar-refractivity contribution in [3.05, 3.63) is 54.1 Å². The van der Waals surface area contributed by atoms with Crippen LogP contribution in [0.3, 0.4) is 0 Å². The number of allylic oxidation sites excluding steroid dienone is 2. The van der Waals surface area contributed by atoms with Gasteiger partial charge in [-0.25, -0.2) is 0 Å². The molecule has 0 aromatic heterocycles. The van der Waals surface area contributed by atoms with Gasteiger partial charge in [-0.1, -0.05) is 24.3 Å². The fourth-order valence-corrected chi connectivity index (χ4v) is 1.84. The van der Waals surface area contributed by atoms with Gasteiger partial charge in [-0.15, -0.1) is 0 Å². The maximum Gasteiger partial charge on any atom is 0.118 e. The third kappa shape index (κ3) is 2.97.